The molecule has 1 atom stereocenters. The quantitative estimate of drug-likeness (QED) is 0.845. The lowest BCUT2D eigenvalue weighted by molar-refractivity contribution is 0.152. The molecule has 2 N–H and O–H groups in total. The molecule has 4 nitrogen and oxygen atoms in total. The van der Waals surface area contributed by atoms with Gasteiger partial charge in [0.2, 0.25) is 10.0 Å². The lowest BCUT2D eigenvalue weighted by Crippen LogP contribution is -2.32. The van der Waals surface area contributed by atoms with Gasteiger partial charge in [0, 0.05) is 6.54 Å². The Labute approximate surface area is 111 Å². The van der Waals surface area contributed by atoms with Crippen LogP contribution in [0.1, 0.15) is 20.3 Å². The minimum absolute atomic E-state index is 0.0238. The van der Waals surface area contributed by atoms with Gasteiger partial charge in [0.15, 0.2) is 0 Å². The predicted molar refractivity (Wildman–Crippen MR) is 70.0 cm³/mol. The number of aliphatic hydroxyl groups is 1. The lowest BCUT2D eigenvalue weighted by atomic mass is 10.1. The molecule has 0 saturated heterocycles. The van der Waals surface area contributed by atoms with E-state index in [-0.39, 0.29) is 10.8 Å². The van der Waals surface area contributed by atoms with Gasteiger partial charge in [-0.05, 0) is 24.5 Å². The van der Waals surface area contributed by atoms with Crippen molar-refractivity contribution in [2.45, 2.75) is 30.6 Å². The first-order chi connectivity index (χ1) is 7.81. The van der Waals surface area contributed by atoms with E-state index in [4.69, 9.17) is 11.6 Å². The Morgan fingerprint density at radius 1 is 1.47 bits per heavy atom. The molecular formula is C10H16ClNO3S2. The van der Waals surface area contributed by atoms with E-state index in [9.17, 15) is 13.5 Å². The van der Waals surface area contributed by atoms with E-state index in [0.717, 1.165) is 11.3 Å². The van der Waals surface area contributed by atoms with Gasteiger partial charge in [-0.15, -0.1) is 11.3 Å². The molecule has 1 aromatic heterocycles. The van der Waals surface area contributed by atoms with Gasteiger partial charge in [0.05, 0.1) is 10.4 Å². The van der Waals surface area contributed by atoms with Crippen LogP contribution in [0.25, 0.3) is 0 Å². The fourth-order valence-electron chi connectivity index (χ4n) is 1.35. The maximum absolute atomic E-state index is 11.8. The highest BCUT2D eigenvalue weighted by atomic mass is 35.5. The normalized spacial score (nSPS) is 14.2. The topological polar surface area (TPSA) is 66.4 Å². The van der Waals surface area contributed by atoms with Gasteiger partial charge in [-0.1, -0.05) is 25.4 Å². The average Bonchev–Trinajstić information content (AvgIpc) is 2.62. The molecule has 1 rings (SSSR count). The number of halogens is 1. The van der Waals surface area contributed by atoms with Crippen LogP contribution in [0.3, 0.4) is 0 Å². The summed E-state index contributed by atoms with van der Waals surface area (Å²) in [6.07, 6.45) is -0.103. The van der Waals surface area contributed by atoms with Crippen LogP contribution in [0.4, 0.5) is 0 Å². The first kappa shape index (κ1) is 14.9. The molecule has 1 aromatic rings. The highest BCUT2D eigenvalue weighted by Crippen LogP contribution is 2.25. The second-order valence-electron chi connectivity index (χ2n) is 4.19. The summed E-state index contributed by atoms with van der Waals surface area (Å²) in [4.78, 5) is 0. The van der Waals surface area contributed by atoms with Crippen molar-refractivity contribution in [3.05, 3.63) is 16.5 Å². The van der Waals surface area contributed by atoms with Gasteiger partial charge in [-0.2, -0.15) is 0 Å². The molecule has 0 saturated carbocycles. The summed E-state index contributed by atoms with van der Waals surface area (Å²) in [6, 6.07) is 2.98. The Morgan fingerprint density at radius 3 is 2.59 bits per heavy atom. The van der Waals surface area contributed by atoms with Gasteiger partial charge in [-0.3, -0.25) is 0 Å². The molecule has 0 fully saturated rings. The number of thiophene rings is 1. The second-order valence-corrected chi connectivity index (χ2v) is 7.90. The van der Waals surface area contributed by atoms with Gasteiger partial charge >= 0.3 is 0 Å². The van der Waals surface area contributed by atoms with Crippen molar-refractivity contribution in [1.82, 2.24) is 4.72 Å². The van der Waals surface area contributed by atoms with Crippen molar-refractivity contribution in [1.29, 1.82) is 0 Å². The number of rotatable bonds is 6. The smallest absolute Gasteiger partial charge is 0.250 e. The maximum Gasteiger partial charge on any atom is 0.250 e. The molecular weight excluding hydrogens is 282 g/mol. The van der Waals surface area contributed by atoms with Gasteiger partial charge < -0.3 is 5.11 Å². The number of aliphatic hydroxyl groups excluding tert-OH is 1. The van der Waals surface area contributed by atoms with Crippen LogP contribution in [-0.4, -0.2) is 26.2 Å². The Hall–Kier alpha value is -0.140. The van der Waals surface area contributed by atoms with Crippen LogP contribution >= 0.6 is 22.9 Å². The van der Waals surface area contributed by atoms with Crippen molar-refractivity contribution in [2.75, 3.05) is 6.54 Å². The van der Waals surface area contributed by atoms with Crippen molar-refractivity contribution in [3.63, 3.8) is 0 Å². The molecule has 0 spiro atoms. The molecule has 0 aliphatic heterocycles. The largest absolute Gasteiger partial charge is 0.392 e. The molecule has 0 radical (unpaired) electrons. The Morgan fingerprint density at radius 2 is 2.12 bits per heavy atom. The standard InChI is InChI=1S/C10H16ClNO3S2/c1-7(2)5-8(13)6-12-17(14,15)10-4-3-9(11)16-10/h3-4,7-8,12-13H,5-6H2,1-2H3. The molecule has 0 aliphatic rings. The first-order valence-corrected chi connectivity index (χ1v) is 7.92. The fraction of sp³-hybridized carbons (Fsp3) is 0.600. The second kappa shape index (κ2) is 6.15. The van der Waals surface area contributed by atoms with Gasteiger partial charge in [0.1, 0.15) is 4.21 Å². The Balaban J connectivity index is 2.56. The summed E-state index contributed by atoms with van der Waals surface area (Å²) in [5, 5.41) is 9.59. The van der Waals surface area contributed by atoms with Crippen LogP contribution in [0.2, 0.25) is 4.34 Å². The van der Waals surface area contributed by atoms with Crippen molar-refractivity contribution in [3.8, 4) is 0 Å². The monoisotopic (exact) mass is 297 g/mol. The number of hydrogen-bond donors (Lipinski definition) is 2. The van der Waals surface area contributed by atoms with E-state index in [1.807, 2.05) is 13.8 Å². The van der Waals surface area contributed by atoms with Crippen LogP contribution in [0, 0.1) is 5.92 Å². The van der Waals surface area contributed by atoms with E-state index in [2.05, 4.69) is 4.72 Å². The third kappa shape index (κ3) is 4.93. The van der Waals surface area contributed by atoms with Crippen LogP contribution in [0.5, 0.6) is 0 Å². The predicted octanol–water partition coefficient (Wildman–Crippen LogP) is 2.09. The van der Waals surface area contributed by atoms with Crippen molar-refractivity contribution >= 4 is 33.0 Å². The molecule has 7 heteroatoms. The molecule has 0 aliphatic carbocycles. The summed E-state index contributed by atoms with van der Waals surface area (Å²) in [6.45, 7) is 3.96. The highest BCUT2D eigenvalue weighted by Gasteiger charge is 2.18. The van der Waals surface area contributed by atoms with Gasteiger partial charge in [-0.25, -0.2) is 13.1 Å². The lowest BCUT2D eigenvalue weighted by Gasteiger charge is -2.13. The summed E-state index contributed by atoms with van der Waals surface area (Å²) in [5.41, 5.74) is 0. The molecule has 0 aromatic carbocycles. The minimum atomic E-state index is -3.55. The van der Waals surface area contributed by atoms with Crippen LogP contribution in [-0.2, 0) is 10.0 Å². The van der Waals surface area contributed by atoms with E-state index >= 15 is 0 Å². The zero-order valence-corrected chi connectivity index (χ0v) is 12.1. The summed E-state index contributed by atoms with van der Waals surface area (Å²) >= 11 is 6.67. The van der Waals surface area contributed by atoms with E-state index in [0.29, 0.717) is 16.7 Å². The summed E-state index contributed by atoms with van der Waals surface area (Å²) in [5.74, 6) is 0.325. The number of sulfonamides is 1. The molecule has 0 bridgehead atoms. The average molecular weight is 298 g/mol. The molecule has 1 unspecified atom stereocenters. The Kier molecular flexibility index (Phi) is 5.40. The SMILES string of the molecule is CC(C)CC(O)CNS(=O)(=O)c1ccc(Cl)s1. The highest BCUT2D eigenvalue weighted by molar-refractivity contribution is 7.91. The minimum Gasteiger partial charge on any atom is -0.392 e. The van der Waals surface area contributed by atoms with Crippen LogP contribution in [0.15, 0.2) is 16.3 Å². The maximum atomic E-state index is 11.8. The number of nitrogens with one attached hydrogen (secondary N) is 1. The first-order valence-electron chi connectivity index (χ1n) is 5.24. The zero-order valence-electron chi connectivity index (χ0n) is 9.68. The van der Waals surface area contributed by atoms with Gasteiger partial charge in [0.25, 0.3) is 0 Å². The van der Waals surface area contributed by atoms with E-state index < -0.39 is 16.1 Å². The zero-order chi connectivity index (χ0) is 13.1. The Bertz CT molecular complexity index is 456. The third-order valence-electron chi connectivity index (χ3n) is 2.07. The van der Waals surface area contributed by atoms with Crippen molar-refractivity contribution < 1.29 is 13.5 Å². The van der Waals surface area contributed by atoms with Crippen LogP contribution < -0.4 is 4.72 Å². The molecule has 98 valence electrons. The third-order valence-corrected chi connectivity index (χ3v) is 5.21. The molecule has 1 heterocycles. The van der Waals surface area contributed by atoms with E-state index in [1.54, 1.807) is 0 Å². The molecule has 0 amide bonds. The number of hydrogen-bond acceptors (Lipinski definition) is 4. The summed E-state index contributed by atoms with van der Waals surface area (Å²) in [7, 11) is -3.55. The molecule has 17 heavy (non-hydrogen) atoms. The summed E-state index contributed by atoms with van der Waals surface area (Å²) < 4.78 is 26.5. The van der Waals surface area contributed by atoms with E-state index in [1.165, 1.54) is 12.1 Å². The fourth-order valence-corrected chi connectivity index (χ4v) is 3.95. The van der Waals surface area contributed by atoms with Crippen molar-refractivity contribution in [2.24, 2.45) is 5.92 Å².